The lowest BCUT2D eigenvalue weighted by molar-refractivity contribution is 1.50. The van der Waals surface area contributed by atoms with Gasteiger partial charge in [0.1, 0.15) is 0 Å². The summed E-state index contributed by atoms with van der Waals surface area (Å²) in [5.41, 5.74) is 1.25. The largest absolute Gasteiger partial charge is 0.0991 e. The van der Waals surface area contributed by atoms with Crippen LogP contribution in [0, 0.1) is 0 Å². The summed E-state index contributed by atoms with van der Waals surface area (Å²) >= 11 is 0. The second-order valence-electron chi connectivity index (χ2n) is 2.03. The van der Waals surface area contributed by atoms with E-state index in [9.17, 15) is 0 Å². The van der Waals surface area contributed by atoms with Crippen molar-refractivity contribution in [2.75, 3.05) is 0 Å². The Labute approximate surface area is 63.3 Å². The van der Waals surface area contributed by atoms with Gasteiger partial charge >= 0.3 is 0 Å². The van der Waals surface area contributed by atoms with Crippen LogP contribution in [0.2, 0.25) is 0 Å². The third-order valence-corrected chi connectivity index (χ3v) is 1.04. The lowest BCUT2D eigenvalue weighted by Crippen LogP contribution is -1.62. The van der Waals surface area contributed by atoms with Crippen LogP contribution in [0.3, 0.4) is 0 Å². The van der Waals surface area contributed by atoms with Crippen LogP contribution >= 0.6 is 0 Å². The molecule has 0 aliphatic carbocycles. The van der Waals surface area contributed by atoms with Crippen molar-refractivity contribution in [2.45, 2.75) is 13.8 Å². The zero-order valence-electron chi connectivity index (χ0n) is 6.67. The highest BCUT2D eigenvalue weighted by Gasteiger charge is 1.73. The van der Waals surface area contributed by atoms with E-state index in [1.165, 1.54) is 5.57 Å². The van der Waals surface area contributed by atoms with E-state index < -0.39 is 0 Å². The van der Waals surface area contributed by atoms with Crippen molar-refractivity contribution in [1.29, 1.82) is 0 Å². The van der Waals surface area contributed by atoms with Gasteiger partial charge in [-0.1, -0.05) is 48.6 Å². The average molecular weight is 134 g/mol. The number of hydrogen-bond donors (Lipinski definition) is 0. The molecular formula is C10H14. The Kier molecular flexibility index (Phi) is 5.45. The first-order valence-electron chi connectivity index (χ1n) is 3.40. The molecule has 0 aliphatic heterocycles. The van der Waals surface area contributed by atoms with Crippen LogP contribution in [0.25, 0.3) is 0 Å². The summed E-state index contributed by atoms with van der Waals surface area (Å²) in [6.45, 7) is 7.64. The van der Waals surface area contributed by atoms with Gasteiger partial charge in [-0.05, 0) is 13.8 Å². The van der Waals surface area contributed by atoms with Crippen LogP contribution in [0.4, 0.5) is 0 Å². The summed E-state index contributed by atoms with van der Waals surface area (Å²) in [7, 11) is 0. The zero-order valence-corrected chi connectivity index (χ0v) is 6.67. The molecule has 0 fully saturated rings. The van der Waals surface area contributed by atoms with E-state index in [2.05, 4.69) is 19.6 Å². The molecule has 0 aromatic heterocycles. The molecule has 0 unspecified atom stereocenters. The molecule has 0 radical (unpaired) electrons. The van der Waals surface area contributed by atoms with Crippen LogP contribution in [-0.4, -0.2) is 0 Å². The zero-order chi connectivity index (χ0) is 7.82. The maximum Gasteiger partial charge on any atom is -0.0398 e. The van der Waals surface area contributed by atoms with Gasteiger partial charge in [0.2, 0.25) is 0 Å². The highest BCUT2D eigenvalue weighted by atomic mass is 13.8. The van der Waals surface area contributed by atoms with Gasteiger partial charge in [-0.3, -0.25) is 0 Å². The molecule has 0 rings (SSSR count). The summed E-state index contributed by atoms with van der Waals surface area (Å²) in [5.74, 6) is 0. The maximum atomic E-state index is 3.57. The summed E-state index contributed by atoms with van der Waals surface area (Å²) in [6, 6.07) is 0. The van der Waals surface area contributed by atoms with Crippen LogP contribution in [-0.2, 0) is 0 Å². The standard InChI is InChI=1S/C10H14/c1-4-6-7-9-10(3)8-5-2/h4-9H,1H2,2-3H3/b7-6-,8-5-,10-9-. The third-order valence-electron chi connectivity index (χ3n) is 1.04. The van der Waals surface area contributed by atoms with Crippen LogP contribution in [0.15, 0.2) is 48.6 Å². The van der Waals surface area contributed by atoms with Crippen molar-refractivity contribution in [3.63, 3.8) is 0 Å². The lowest BCUT2D eigenvalue weighted by Gasteiger charge is -1.84. The topological polar surface area (TPSA) is 0 Å². The maximum absolute atomic E-state index is 3.57. The summed E-state index contributed by atoms with van der Waals surface area (Å²) in [5, 5.41) is 0. The molecule has 0 aliphatic rings. The van der Waals surface area contributed by atoms with Crippen molar-refractivity contribution in [3.8, 4) is 0 Å². The molecule has 0 heterocycles. The monoisotopic (exact) mass is 134 g/mol. The average Bonchev–Trinajstić information content (AvgIpc) is 1.89. The number of allylic oxidation sites excluding steroid dienone is 7. The van der Waals surface area contributed by atoms with Crippen molar-refractivity contribution >= 4 is 0 Å². The first-order valence-corrected chi connectivity index (χ1v) is 3.40. The molecule has 0 aromatic carbocycles. The molecule has 0 N–H and O–H groups in total. The molecule has 0 bridgehead atoms. The van der Waals surface area contributed by atoms with Gasteiger partial charge in [0, 0.05) is 0 Å². The smallest absolute Gasteiger partial charge is 0.0398 e. The normalized spacial score (nSPS) is 13.2. The molecule has 0 heteroatoms. The molecule has 0 spiro atoms. The van der Waals surface area contributed by atoms with Crippen molar-refractivity contribution in [2.24, 2.45) is 0 Å². The number of hydrogen-bond acceptors (Lipinski definition) is 0. The molecule has 0 aromatic rings. The molecule has 0 amide bonds. The lowest BCUT2D eigenvalue weighted by atomic mass is 10.2. The Bertz CT molecular complexity index is 168. The van der Waals surface area contributed by atoms with Crippen molar-refractivity contribution < 1.29 is 0 Å². The van der Waals surface area contributed by atoms with Gasteiger partial charge in [-0.15, -0.1) is 0 Å². The highest BCUT2D eigenvalue weighted by Crippen LogP contribution is 1.94. The molecule has 10 heavy (non-hydrogen) atoms. The van der Waals surface area contributed by atoms with Gasteiger partial charge in [0.25, 0.3) is 0 Å². The van der Waals surface area contributed by atoms with E-state index >= 15 is 0 Å². The van der Waals surface area contributed by atoms with Gasteiger partial charge in [0.05, 0.1) is 0 Å². The van der Waals surface area contributed by atoms with Crippen LogP contribution in [0.5, 0.6) is 0 Å². The minimum atomic E-state index is 1.25. The molecular weight excluding hydrogens is 120 g/mol. The Morgan fingerprint density at radius 2 is 2.00 bits per heavy atom. The summed E-state index contributed by atoms with van der Waals surface area (Å²) in [6.07, 6.45) is 11.8. The fourth-order valence-corrected chi connectivity index (χ4v) is 0.604. The Balaban J connectivity index is 3.90. The summed E-state index contributed by atoms with van der Waals surface area (Å²) in [4.78, 5) is 0. The van der Waals surface area contributed by atoms with Gasteiger partial charge in [0.15, 0.2) is 0 Å². The first kappa shape index (κ1) is 8.96. The quantitative estimate of drug-likeness (QED) is 0.520. The van der Waals surface area contributed by atoms with E-state index in [0.29, 0.717) is 0 Å². The second kappa shape index (κ2) is 6.09. The highest BCUT2D eigenvalue weighted by molar-refractivity contribution is 5.22. The van der Waals surface area contributed by atoms with E-state index in [0.717, 1.165) is 0 Å². The van der Waals surface area contributed by atoms with Crippen molar-refractivity contribution in [3.05, 3.63) is 48.6 Å². The third kappa shape index (κ3) is 5.10. The van der Waals surface area contributed by atoms with Crippen molar-refractivity contribution in [1.82, 2.24) is 0 Å². The fraction of sp³-hybridized carbons (Fsp3) is 0.200. The Morgan fingerprint density at radius 3 is 2.50 bits per heavy atom. The molecule has 0 atom stereocenters. The van der Waals surface area contributed by atoms with E-state index in [1.807, 2.05) is 31.2 Å². The van der Waals surface area contributed by atoms with Crippen LogP contribution in [0.1, 0.15) is 13.8 Å². The SMILES string of the molecule is C=C\C=C/C=C(C)\C=C/C. The Hall–Kier alpha value is -1.04. The second-order valence-corrected chi connectivity index (χ2v) is 2.03. The molecule has 0 saturated carbocycles. The van der Waals surface area contributed by atoms with E-state index in [-0.39, 0.29) is 0 Å². The molecule has 0 saturated heterocycles. The van der Waals surface area contributed by atoms with Crippen LogP contribution < -0.4 is 0 Å². The van der Waals surface area contributed by atoms with Gasteiger partial charge in [-0.25, -0.2) is 0 Å². The van der Waals surface area contributed by atoms with Gasteiger partial charge in [-0.2, -0.15) is 0 Å². The predicted octanol–water partition coefficient (Wildman–Crippen LogP) is 3.25. The fourth-order valence-electron chi connectivity index (χ4n) is 0.604. The minimum Gasteiger partial charge on any atom is -0.0991 e. The predicted molar refractivity (Wildman–Crippen MR) is 47.9 cm³/mol. The molecule has 54 valence electrons. The number of rotatable bonds is 3. The summed E-state index contributed by atoms with van der Waals surface area (Å²) < 4.78 is 0. The minimum absolute atomic E-state index is 1.25. The molecule has 0 nitrogen and oxygen atoms in total. The van der Waals surface area contributed by atoms with E-state index in [4.69, 9.17) is 0 Å². The Morgan fingerprint density at radius 1 is 1.30 bits per heavy atom. The first-order chi connectivity index (χ1) is 4.81. The van der Waals surface area contributed by atoms with Gasteiger partial charge < -0.3 is 0 Å². The van der Waals surface area contributed by atoms with E-state index in [1.54, 1.807) is 6.08 Å².